The van der Waals surface area contributed by atoms with Crippen LogP contribution in [-0.4, -0.2) is 47.2 Å². The van der Waals surface area contributed by atoms with E-state index in [0.717, 1.165) is 32.4 Å². The van der Waals surface area contributed by atoms with Gasteiger partial charge in [0.15, 0.2) is 0 Å². The number of piperidine rings is 1. The predicted octanol–water partition coefficient (Wildman–Crippen LogP) is 0.653. The van der Waals surface area contributed by atoms with Gasteiger partial charge in [-0.25, -0.2) is 0 Å². The summed E-state index contributed by atoms with van der Waals surface area (Å²) in [7, 11) is 0. The van der Waals surface area contributed by atoms with Gasteiger partial charge < -0.3 is 14.7 Å². The molecule has 0 aromatic carbocycles. The molecule has 1 amide bonds. The van der Waals surface area contributed by atoms with Gasteiger partial charge in [-0.15, -0.1) is 0 Å². The number of carboxylic acid groups (broad SMARTS) is 1. The van der Waals surface area contributed by atoms with E-state index in [9.17, 15) is 14.7 Å². The molecule has 2 fully saturated rings. The minimum atomic E-state index is -0.929. The van der Waals surface area contributed by atoms with Crippen molar-refractivity contribution < 1.29 is 19.4 Å². The number of carbonyl (C=O) groups excluding carboxylic acids is 1. The Hall–Kier alpha value is -1.36. The fourth-order valence-corrected chi connectivity index (χ4v) is 3.22. The largest absolute Gasteiger partial charge is 0.481 e. The van der Waals surface area contributed by atoms with E-state index in [2.05, 4.69) is 0 Å². The number of hydrogen-bond donors (Lipinski definition) is 1. The Bertz CT molecular complexity index is 400. The average Bonchev–Trinajstić information content (AvgIpc) is 2.99. The van der Waals surface area contributed by atoms with E-state index in [1.165, 1.54) is 0 Å². The van der Waals surface area contributed by atoms with Crippen LogP contribution in [0.2, 0.25) is 0 Å². The predicted molar refractivity (Wildman–Crippen MR) is 62.8 cm³/mol. The van der Waals surface area contributed by atoms with Crippen LogP contribution in [0.1, 0.15) is 19.3 Å². The molecule has 5 heteroatoms. The Labute approximate surface area is 105 Å². The normalized spacial score (nSPS) is 38.1. The molecule has 4 atom stereocenters. The molecule has 0 aromatic heterocycles. The molecule has 0 saturated carbocycles. The molecule has 2 bridgehead atoms. The third kappa shape index (κ3) is 1.73. The first kappa shape index (κ1) is 11.7. The molecule has 3 heterocycles. The van der Waals surface area contributed by atoms with Crippen LogP contribution >= 0.6 is 0 Å². The standard InChI is InChI=1S/C13H17NO4/c15-12(14-6-2-1-3-7-14)10-8-4-5-9(18-8)11(10)13(16)17/h4-5,8-11H,1-3,6-7H2,(H,16,17)/t8-,9+,10?,11?/m0/s1. The third-order valence-corrected chi connectivity index (χ3v) is 4.14. The molecule has 2 unspecified atom stereocenters. The van der Waals surface area contributed by atoms with Gasteiger partial charge in [0.1, 0.15) is 5.92 Å². The van der Waals surface area contributed by atoms with Crippen molar-refractivity contribution in [3.8, 4) is 0 Å². The lowest BCUT2D eigenvalue weighted by molar-refractivity contribution is -0.149. The Balaban J connectivity index is 1.79. The second kappa shape index (κ2) is 4.39. The van der Waals surface area contributed by atoms with Crippen molar-refractivity contribution in [3.63, 3.8) is 0 Å². The molecule has 0 aromatic rings. The first-order valence-corrected chi connectivity index (χ1v) is 6.54. The van der Waals surface area contributed by atoms with Crippen LogP contribution in [0.4, 0.5) is 0 Å². The molecule has 0 spiro atoms. The zero-order chi connectivity index (χ0) is 12.7. The van der Waals surface area contributed by atoms with Gasteiger partial charge in [-0.1, -0.05) is 12.2 Å². The first-order chi connectivity index (χ1) is 8.68. The second-order valence-electron chi connectivity index (χ2n) is 5.23. The monoisotopic (exact) mass is 251 g/mol. The summed E-state index contributed by atoms with van der Waals surface area (Å²) in [5.41, 5.74) is 0. The number of aliphatic carboxylic acids is 1. The highest BCUT2D eigenvalue weighted by atomic mass is 16.5. The zero-order valence-electron chi connectivity index (χ0n) is 10.1. The van der Waals surface area contributed by atoms with E-state index < -0.39 is 23.9 Å². The number of rotatable bonds is 2. The van der Waals surface area contributed by atoms with E-state index in [1.807, 2.05) is 11.0 Å². The van der Waals surface area contributed by atoms with E-state index in [1.54, 1.807) is 6.08 Å². The Kier molecular flexibility index (Phi) is 2.86. The first-order valence-electron chi connectivity index (χ1n) is 6.54. The van der Waals surface area contributed by atoms with Crippen molar-refractivity contribution in [2.75, 3.05) is 13.1 Å². The molecule has 0 aliphatic carbocycles. The summed E-state index contributed by atoms with van der Waals surface area (Å²) in [5, 5.41) is 9.27. The van der Waals surface area contributed by atoms with E-state index >= 15 is 0 Å². The molecular formula is C13H17NO4. The summed E-state index contributed by atoms with van der Waals surface area (Å²) < 4.78 is 5.53. The number of likely N-dealkylation sites (tertiary alicyclic amines) is 1. The van der Waals surface area contributed by atoms with Gasteiger partial charge in [-0.05, 0) is 19.3 Å². The molecule has 1 N–H and O–H groups in total. The number of hydrogen-bond acceptors (Lipinski definition) is 3. The van der Waals surface area contributed by atoms with Crippen LogP contribution in [0.25, 0.3) is 0 Å². The van der Waals surface area contributed by atoms with Crippen molar-refractivity contribution in [1.82, 2.24) is 4.90 Å². The molecule has 3 aliphatic heterocycles. The van der Waals surface area contributed by atoms with Gasteiger partial charge >= 0.3 is 5.97 Å². The van der Waals surface area contributed by atoms with Crippen molar-refractivity contribution in [3.05, 3.63) is 12.2 Å². The zero-order valence-corrected chi connectivity index (χ0v) is 10.1. The van der Waals surface area contributed by atoms with Crippen LogP contribution in [0.5, 0.6) is 0 Å². The highest BCUT2D eigenvalue weighted by molar-refractivity contribution is 5.87. The topological polar surface area (TPSA) is 66.8 Å². The fourth-order valence-electron chi connectivity index (χ4n) is 3.22. The molecule has 98 valence electrons. The van der Waals surface area contributed by atoms with Crippen molar-refractivity contribution >= 4 is 11.9 Å². The van der Waals surface area contributed by atoms with Gasteiger partial charge in [0.05, 0.1) is 18.1 Å². The summed E-state index contributed by atoms with van der Waals surface area (Å²) in [6, 6.07) is 0. The van der Waals surface area contributed by atoms with Crippen LogP contribution in [-0.2, 0) is 14.3 Å². The summed E-state index contributed by atoms with van der Waals surface area (Å²) in [6.45, 7) is 1.51. The number of nitrogens with zero attached hydrogens (tertiary/aromatic N) is 1. The van der Waals surface area contributed by atoms with E-state index in [-0.39, 0.29) is 12.0 Å². The van der Waals surface area contributed by atoms with Crippen LogP contribution < -0.4 is 0 Å². The lowest BCUT2D eigenvalue weighted by Gasteiger charge is -2.31. The molecule has 18 heavy (non-hydrogen) atoms. The Morgan fingerprint density at radius 2 is 1.67 bits per heavy atom. The summed E-state index contributed by atoms with van der Waals surface area (Å²) in [5.74, 6) is -2.22. The smallest absolute Gasteiger partial charge is 0.310 e. The number of ether oxygens (including phenoxy) is 1. The number of carboxylic acids is 1. The summed E-state index contributed by atoms with van der Waals surface area (Å²) in [4.78, 5) is 25.6. The molecular weight excluding hydrogens is 234 g/mol. The molecule has 3 aliphatic rings. The Morgan fingerprint density at radius 1 is 1.06 bits per heavy atom. The molecule has 5 nitrogen and oxygen atoms in total. The second-order valence-corrected chi connectivity index (χ2v) is 5.23. The van der Waals surface area contributed by atoms with Crippen LogP contribution in [0.3, 0.4) is 0 Å². The van der Waals surface area contributed by atoms with Crippen molar-refractivity contribution in [2.45, 2.75) is 31.5 Å². The number of amides is 1. The van der Waals surface area contributed by atoms with Crippen LogP contribution in [0, 0.1) is 11.8 Å². The third-order valence-electron chi connectivity index (χ3n) is 4.14. The maximum atomic E-state index is 12.5. The van der Waals surface area contributed by atoms with E-state index in [0.29, 0.717) is 0 Å². The highest BCUT2D eigenvalue weighted by Gasteiger charge is 2.54. The van der Waals surface area contributed by atoms with Gasteiger partial charge in [0.25, 0.3) is 0 Å². The van der Waals surface area contributed by atoms with Gasteiger partial charge in [0, 0.05) is 13.1 Å². The molecule has 3 rings (SSSR count). The SMILES string of the molecule is O=C(O)C1C(C(=O)N2CCCCC2)[C@@H]2C=C[C@H]1O2. The lowest BCUT2D eigenvalue weighted by Crippen LogP contribution is -2.46. The van der Waals surface area contributed by atoms with Gasteiger partial charge in [-0.3, -0.25) is 9.59 Å². The molecule has 2 saturated heterocycles. The van der Waals surface area contributed by atoms with Crippen LogP contribution in [0.15, 0.2) is 12.2 Å². The average molecular weight is 251 g/mol. The Morgan fingerprint density at radius 3 is 2.28 bits per heavy atom. The maximum Gasteiger partial charge on any atom is 0.310 e. The highest BCUT2D eigenvalue weighted by Crippen LogP contribution is 2.40. The summed E-state index contributed by atoms with van der Waals surface area (Å²) in [6.07, 6.45) is 6.01. The van der Waals surface area contributed by atoms with Crippen molar-refractivity contribution in [2.24, 2.45) is 11.8 Å². The number of fused-ring (bicyclic) bond motifs is 2. The lowest BCUT2D eigenvalue weighted by atomic mass is 9.82. The molecule has 0 radical (unpaired) electrons. The van der Waals surface area contributed by atoms with Gasteiger partial charge in [-0.2, -0.15) is 0 Å². The van der Waals surface area contributed by atoms with E-state index in [4.69, 9.17) is 4.74 Å². The fraction of sp³-hybridized carbons (Fsp3) is 0.692. The minimum absolute atomic E-state index is 0.0426. The minimum Gasteiger partial charge on any atom is -0.481 e. The maximum absolute atomic E-state index is 12.5. The van der Waals surface area contributed by atoms with Gasteiger partial charge in [0.2, 0.25) is 5.91 Å². The number of carbonyl (C=O) groups is 2. The quantitative estimate of drug-likeness (QED) is 0.732. The van der Waals surface area contributed by atoms with Crippen molar-refractivity contribution in [1.29, 1.82) is 0 Å². The summed E-state index contributed by atoms with van der Waals surface area (Å²) >= 11 is 0.